The van der Waals surface area contributed by atoms with Gasteiger partial charge in [-0.1, -0.05) is 18.2 Å². The summed E-state index contributed by atoms with van der Waals surface area (Å²) in [4.78, 5) is 11.8. The maximum atomic E-state index is 13.4. The largest absolute Gasteiger partial charge is 0.326 e. The predicted octanol–water partition coefficient (Wildman–Crippen LogP) is 3.88. The van der Waals surface area contributed by atoms with E-state index in [2.05, 4.69) is 5.32 Å². The van der Waals surface area contributed by atoms with E-state index in [9.17, 15) is 13.6 Å². The third-order valence-electron chi connectivity index (χ3n) is 2.76. The van der Waals surface area contributed by atoms with Crippen LogP contribution in [0.4, 0.5) is 14.5 Å². The summed E-state index contributed by atoms with van der Waals surface area (Å²) in [5.41, 5.74) is 1.16. The molecule has 0 bridgehead atoms. The van der Waals surface area contributed by atoms with Gasteiger partial charge in [-0.25, -0.2) is 8.78 Å². The van der Waals surface area contributed by atoms with Crippen LogP contribution < -0.4 is 5.32 Å². The van der Waals surface area contributed by atoms with Crippen LogP contribution in [0.25, 0.3) is 0 Å². The molecule has 0 aliphatic rings. The highest BCUT2D eigenvalue weighted by Gasteiger charge is 2.13. The fraction of sp³-hybridized carbons (Fsp3) is 0.133. The van der Waals surface area contributed by atoms with Gasteiger partial charge in [0.1, 0.15) is 11.6 Å². The minimum atomic E-state index is -0.727. The Morgan fingerprint density at radius 3 is 2.40 bits per heavy atom. The number of carbonyl (C=O) groups is 1. The first-order valence-corrected chi connectivity index (χ1v) is 6.51. The monoisotopic (exact) mass is 295 g/mol. The maximum Gasteiger partial charge on any atom is 0.229 e. The van der Waals surface area contributed by atoms with E-state index in [1.807, 2.05) is 6.07 Å². The van der Waals surface area contributed by atoms with E-state index in [-0.39, 0.29) is 12.0 Å². The summed E-state index contributed by atoms with van der Waals surface area (Å²) in [7, 11) is 0. The Morgan fingerprint density at radius 1 is 1.10 bits per heavy atom. The molecule has 5 heteroatoms. The molecule has 0 aliphatic heterocycles. The Labute approximate surface area is 120 Å². The minimum Gasteiger partial charge on any atom is -0.326 e. The Hall–Kier alpha value is -1.94. The van der Waals surface area contributed by atoms with E-state index < -0.39 is 17.5 Å². The van der Waals surface area contributed by atoms with Crippen molar-refractivity contribution in [2.75, 3.05) is 5.32 Å². The molecule has 0 aliphatic carbocycles. The van der Waals surface area contributed by atoms with Crippen molar-refractivity contribution in [3.05, 3.63) is 65.2 Å². The molecule has 104 valence electrons. The van der Waals surface area contributed by atoms with Crippen molar-refractivity contribution in [1.82, 2.24) is 0 Å². The number of nitrogens with one attached hydrogen (secondary N) is 1. The number of carbonyl (C=O) groups excluding carboxylic acids is 1. The molecule has 0 fully saturated rings. The van der Waals surface area contributed by atoms with Crippen molar-refractivity contribution in [2.24, 2.45) is 0 Å². The normalized spacial score (nSPS) is 10.3. The molecule has 0 unspecified atom stereocenters. The first-order chi connectivity index (χ1) is 9.60. The van der Waals surface area contributed by atoms with E-state index >= 15 is 0 Å². The second-order valence-electron chi connectivity index (χ2n) is 4.26. The highest BCUT2D eigenvalue weighted by atomic mass is 35.5. The van der Waals surface area contributed by atoms with Crippen LogP contribution in [0.15, 0.2) is 42.5 Å². The molecule has 0 radical (unpaired) electrons. The Balaban J connectivity index is 2.09. The first kappa shape index (κ1) is 14.5. The molecule has 2 nitrogen and oxygen atoms in total. The molecule has 2 aromatic carbocycles. The van der Waals surface area contributed by atoms with E-state index in [1.54, 1.807) is 18.2 Å². The number of anilines is 1. The molecule has 0 saturated heterocycles. The van der Waals surface area contributed by atoms with Gasteiger partial charge in [-0.2, -0.15) is 0 Å². The van der Waals surface area contributed by atoms with Crippen LogP contribution in [0, 0.1) is 11.6 Å². The smallest absolute Gasteiger partial charge is 0.229 e. The zero-order valence-corrected chi connectivity index (χ0v) is 11.3. The molecule has 0 spiro atoms. The molecular weight excluding hydrogens is 284 g/mol. The molecule has 0 saturated carbocycles. The fourth-order valence-corrected chi connectivity index (χ4v) is 1.97. The average Bonchev–Trinajstić information content (AvgIpc) is 2.43. The lowest BCUT2D eigenvalue weighted by atomic mass is 10.1. The Kier molecular flexibility index (Phi) is 4.69. The Bertz CT molecular complexity index is 611. The molecule has 1 amide bonds. The van der Waals surface area contributed by atoms with Gasteiger partial charge in [0, 0.05) is 17.1 Å². The van der Waals surface area contributed by atoms with E-state index in [1.165, 1.54) is 6.07 Å². The van der Waals surface area contributed by atoms with Crippen LogP contribution in [0.3, 0.4) is 0 Å². The molecule has 0 atom stereocenters. The van der Waals surface area contributed by atoms with E-state index in [4.69, 9.17) is 11.6 Å². The van der Waals surface area contributed by atoms with Gasteiger partial charge in [-0.05, 0) is 29.8 Å². The number of rotatable bonds is 4. The molecule has 0 aromatic heterocycles. The number of benzene rings is 2. The predicted molar refractivity (Wildman–Crippen MR) is 74.7 cm³/mol. The van der Waals surface area contributed by atoms with Crippen molar-refractivity contribution in [1.29, 1.82) is 0 Å². The fourth-order valence-electron chi connectivity index (χ4n) is 1.80. The second kappa shape index (κ2) is 6.48. The van der Waals surface area contributed by atoms with Crippen molar-refractivity contribution < 1.29 is 13.6 Å². The average molecular weight is 296 g/mol. The van der Waals surface area contributed by atoms with Gasteiger partial charge >= 0.3 is 0 Å². The number of amides is 1. The van der Waals surface area contributed by atoms with Gasteiger partial charge in [0.2, 0.25) is 5.91 Å². The quantitative estimate of drug-likeness (QED) is 0.852. The van der Waals surface area contributed by atoms with Crippen LogP contribution in [0.5, 0.6) is 0 Å². The van der Waals surface area contributed by atoms with Crippen LogP contribution in [-0.4, -0.2) is 5.91 Å². The highest BCUT2D eigenvalue weighted by molar-refractivity contribution is 6.17. The van der Waals surface area contributed by atoms with Crippen molar-refractivity contribution in [2.45, 2.75) is 12.3 Å². The third-order valence-corrected chi connectivity index (χ3v) is 3.07. The van der Waals surface area contributed by atoms with Crippen molar-refractivity contribution in [3.8, 4) is 0 Å². The van der Waals surface area contributed by atoms with Gasteiger partial charge in [-0.3, -0.25) is 4.79 Å². The SMILES string of the molecule is O=C(Cc1c(F)cccc1F)Nc1cccc(CCl)c1. The Morgan fingerprint density at radius 2 is 1.75 bits per heavy atom. The summed E-state index contributed by atoms with van der Waals surface area (Å²) in [6.45, 7) is 0. The van der Waals surface area contributed by atoms with Gasteiger partial charge < -0.3 is 5.32 Å². The second-order valence-corrected chi connectivity index (χ2v) is 4.53. The van der Waals surface area contributed by atoms with E-state index in [0.29, 0.717) is 11.6 Å². The van der Waals surface area contributed by atoms with E-state index in [0.717, 1.165) is 17.7 Å². The lowest BCUT2D eigenvalue weighted by Crippen LogP contribution is -2.16. The molecule has 2 aromatic rings. The minimum absolute atomic E-state index is 0.238. The van der Waals surface area contributed by atoms with Crippen LogP contribution in [-0.2, 0) is 17.1 Å². The lowest BCUT2D eigenvalue weighted by molar-refractivity contribution is -0.115. The zero-order chi connectivity index (χ0) is 14.5. The molecule has 0 heterocycles. The van der Waals surface area contributed by atoms with Crippen LogP contribution in [0.2, 0.25) is 0 Å². The highest BCUT2D eigenvalue weighted by Crippen LogP contribution is 2.15. The van der Waals surface area contributed by atoms with Gasteiger partial charge in [-0.15, -0.1) is 11.6 Å². The lowest BCUT2D eigenvalue weighted by Gasteiger charge is -2.08. The summed E-state index contributed by atoms with van der Waals surface area (Å²) in [5.74, 6) is -1.61. The number of hydrogen-bond donors (Lipinski definition) is 1. The van der Waals surface area contributed by atoms with Gasteiger partial charge in [0.15, 0.2) is 0 Å². The van der Waals surface area contributed by atoms with Gasteiger partial charge in [0.05, 0.1) is 6.42 Å². The standard InChI is InChI=1S/C15H12ClF2NO/c16-9-10-3-1-4-11(7-10)19-15(20)8-12-13(17)5-2-6-14(12)18/h1-7H,8-9H2,(H,19,20). The first-order valence-electron chi connectivity index (χ1n) is 5.98. The summed E-state index contributed by atoms with van der Waals surface area (Å²) >= 11 is 5.69. The number of halogens is 3. The van der Waals surface area contributed by atoms with Gasteiger partial charge in [0.25, 0.3) is 0 Å². The summed E-state index contributed by atoms with van der Waals surface area (Å²) in [6, 6.07) is 10.5. The third kappa shape index (κ3) is 3.54. The molecule has 20 heavy (non-hydrogen) atoms. The van der Waals surface area contributed by atoms with Crippen molar-refractivity contribution >= 4 is 23.2 Å². The molecule has 1 N–H and O–H groups in total. The van der Waals surface area contributed by atoms with Crippen LogP contribution >= 0.6 is 11.6 Å². The molecule has 2 rings (SSSR count). The van der Waals surface area contributed by atoms with Crippen molar-refractivity contribution in [3.63, 3.8) is 0 Å². The summed E-state index contributed by atoms with van der Waals surface area (Å²) in [5, 5.41) is 2.59. The summed E-state index contributed by atoms with van der Waals surface area (Å²) in [6.07, 6.45) is -0.358. The molecular formula is C15H12ClF2NO. The maximum absolute atomic E-state index is 13.4. The summed E-state index contributed by atoms with van der Waals surface area (Å²) < 4.78 is 26.9. The number of hydrogen-bond acceptors (Lipinski definition) is 1. The topological polar surface area (TPSA) is 29.1 Å². The number of alkyl halides is 1. The van der Waals surface area contributed by atoms with Crippen LogP contribution in [0.1, 0.15) is 11.1 Å². The zero-order valence-electron chi connectivity index (χ0n) is 10.5.